The molecule has 2 aliphatic heterocycles. The van der Waals surface area contributed by atoms with E-state index in [-0.39, 0.29) is 50.0 Å². The minimum atomic E-state index is -3.87. The van der Waals surface area contributed by atoms with Crippen LogP contribution < -0.4 is 10.1 Å². The summed E-state index contributed by atoms with van der Waals surface area (Å²) in [6, 6.07) is 6.56. The Morgan fingerprint density at radius 1 is 1.17 bits per heavy atom. The number of amides is 3. The Morgan fingerprint density at radius 2 is 1.94 bits per heavy atom. The Kier molecular flexibility index (Phi) is 6.64. The monoisotopic (exact) mass is 488 g/mol. The molecule has 1 saturated heterocycles. The van der Waals surface area contributed by atoms with Gasteiger partial charge >= 0.3 is 5.92 Å². The van der Waals surface area contributed by atoms with E-state index in [0.29, 0.717) is 16.7 Å². The molecule has 0 aromatic heterocycles. The quantitative estimate of drug-likeness (QED) is 0.576. The molecule has 1 atom stereocenters. The second-order valence-electron chi connectivity index (χ2n) is 8.46. The number of ketones is 1. The Hall–Kier alpha value is -3.69. The van der Waals surface area contributed by atoms with Crippen molar-refractivity contribution in [3.05, 3.63) is 64.5 Å². The molecular weight excluding hydrogens is 465 g/mol. The second-order valence-corrected chi connectivity index (χ2v) is 8.46. The molecule has 35 heavy (non-hydrogen) atoms. The zero-order valence-electron chi connectivity index (χ0n) is 18.9. The van der Waals surface area contributed by atoms with E-state index >= 15 is 0 Å². The number of imide groups is 1. The highest BCUT2D eigenvalue weighted by Gasteiger charge is 2.43. The van der Waals surface area contributed by atoms with E-state index in [0.717, 1.165) is 18.2 Å². The largest absolute Gasteiger partial charge is 0.493 e. The van der Waals surface area contributed by atoms with E-state index in [1.54, 1.807) is 25.1 Å². The van der Waals surface area contributed by atoms with Crippen molar-refractivity contribution in [2.75, 3.05) is 6.61 Å². The highest BCUT2D eigenvalue weighted by Crippen LogP contribution is 2.37. The van der Waals surface area contributed by atoms with Crippen LogP contribution in [0.2, 0.25) is 0 Å². The molecule has 3 amide bonds. The molecule has 0 bridgehead atoms. The van der Waals surface area contributed by atoms with Crippen LogP contribution in [0, 0.1) is 5.82 Å². The first-order chi connectivity index (χ1) is 16.6. The summed E-state index contributed by atoms with van der Waals surface area (Å²) in [5.41, 5.74) is 0.900. The summed E-state index contributed by atoms with van der Waals surface area (Å²) < 4.78 is 48.4. The number of hydrogen-bond donors (Lipinski definition) is 1. The molecule has 2 aliphatic rings. The molecule has 4 rings (SSSR count). The molecule has 1 fully saturated rings. The van der Waals surface area contributed by atoms with Crippen LogP contribution in [0.3, 0.4) is 0 Å². The van der Waals surface area contributed by atoms with Gasteiger partial charge in [-0.1, -0.05) is 12.1 Å². The SMILES string of the molecule is CCOc1cc(F)ccc1C(F)(F)C(=O)CCc1ccc2c(c1)CN(C1CCC(=O)NC1=O)C2=O. The van der Waals surface area contributed by atoms with Crippen molar-refractivity contribution in [1.29, 1.82) is 0 Å². The number of rotatable bonds is 8. The smallest absolute Gasteiger partial charge is 0.334 e. The molecule has 0 saturated carbocycles. The van der Waals surface area contributed by atoms with Crippen molar-refractivity contribution >= 4 is 23.5 Å². The summed E-state index contributed by atoms with van der Waals surface area (Å²) in [4.78, 5) is 50.2. The third-order valence-electron chi connectivity index (χ3n) is 6.16. The van der Waals surface area contributed by atoms with E-state index < -0.39 is 41.5 Å². The molecule has 10 heteroatoms. The standard InChI is InChI=1S/C25H23F3N2O5/c1-2-35-20-12-16(26)5-7-18(20)25(27,28)21(31)9-4-14-3-6-17-15(11-14)13-30(24(17)34)19-8-10-22(32)29-23(19)33/h3,5-7,11-12,19H,2,4,8-10,13H2,1H3,(H,29,32,33). The number of halogens is 3. The van der Waals surface area contributed by atoms with Gasteiger partial charge in [-0.05, 0) is 49.1 Å². The van der Waals surface area contributed by atoms with Gasteiger partial charge in [-0.25, -0.2) is 4.39 Å². The summed E-state index contributed by atoms with van der Waals surface area (Å²) in [6.07, 6.45) is -0.121. The van der Waals surface area contributed by atoms with Gasteiger partial charge in [0.25, 0.3) is 5.91 Å². The summed E-state index contributed by atoms with van der Waals surface area (Å²) in [5.74, 6) is -7.59. The molecule has 7 nitrogen and oxygen atoms in total. The van der Waals surface area contributed by atoms with E-state index in [1.807, 2.05) is 0 Å². The van der Waals surface area contributed by atoms with Crippen molar-refractivity contribution in [3.8, 4) is 5.75 Å². The lowest BCUT2D eigenvalue weighted by Crippen LogP contribution is -2.52. The number of ether oxygens (including phenoxy) is 1. The number of fused-ring (bicyclic) bond motifs is 1. The lowest BCUT2D eigenvalue weighted by molar-refractivity contribution is -0.144. The number of aryl methyl sites for hydroxylation is 1. The van der Waals surface area contributed by atoms with Crippen LogP contribution in [0.25, 0.3) is 0 Å². The molecule has 2 aromatic carbocycles. The average Bonchev–Trinajstić information content (AvgIpc) is 3.13. The van der Waals surface area contributed by atoms with Gasteiger partial charge in [-0.2, -0.15) is 8.78 Å². The van der Waals surface area contributed by atoms with E-state index in [2.05, 4.69) is 5.32 Å². The molecule has 0 spiro atoms. The second kappa shape index (κ2) is 9.52. The summed E-state index contributed by atoms with van der Waals surface area (Å²) in [6.45, 7) is 1.74. The highest BCUT2D eigenvalue weighted by molar-refractivity contribution is 6.05. The number of nitrogens with one attached hydrogen (secondary N) is 1. The Morgan fingerprint density at radius 3 is 2.66 bits per heavy atom. The van der Waals surface area contributed by atoms with E-state index in [4.69, 9.17) is 4.74 Å². The van der Waals surface area contributed by atoms with Gasteiger partial charge in [0.05, 0.1) is 12.2 Å². The summed E-state index contributed by atoms with van der Waals surface area (Å²) in [5, 5.41) is 2.23. The highest BCUT2D eigenvalue weighted by atomic mass is 19.3. The number of carbonyl (C=O) groups excluding carboxylic acids is 4. The zero-order valence-corrected chi connectivity index (χ0v) is 18.9. The maximum Gasteiger partial charge on any atom is 0.334 e. The topological polar surface area (TPSA) is 92.8 Å². The van der Waals surface area contributed by atoms with Crippen LogP contribution >= 0.6 is 0 Å². The molecular formula is C25H23F3N2O5. The number of nitrogens with zero attached hydrogens (tertiary/aromatic N) is 1. The van der Waals surface area contributed by atoms with Crippen molar-refractivity contribution in [3.63, 3.8) is 0 Å². The molecule has 2 heterocycles. The molecule has 0 radical (unpaired) electrons. The van der Waals surface area contributed by atoms with Crippen LogP contribution in [-0.4, -0.2) is 41.1 Å². The Labute approximate surface area is 199 Å². The fourth-order valence-corrected chi connectivity index (χ4v) is 4.38. The molecule has 184 valence electrons. The van der Waals surface area contributed by atoms with Gasteiger partial charge in [0, 0.05) is 31.0 Å². The van der Waals surface area contributed by atoms with Crippen molar-refractivity contribution in [2.45, 2.75) is 51.1 Å². The zero-order chi connectivity index (χ0) is 25.3. The third kappa shape index (κ3) is 4.78. The van der Waals surface area contributed by atoms with Crippen molar-refractivity contribution < 1.29 is 37.1 Å². The maximum atomic E-state index is 14.9. The van der Waals surface area contributed by atoms with Gasteiger partial charge in [0.1, 0.15) is 17.6 Å². The molecule has 2 aromatic rings. The summed E-state index contributed by atoms with van der Waals surface area (Å²) in [7, 11) is 0. The molecule has 1 N–H and O–H groups in total. The predicted molar refractivity (Wildman–Crippen MR) is 117 cm³/mol. The lowest BCUT2D eigenvalue weighted by Gasteiger charge is -2.29. The van der Waals surface area contributed by atoms with E-state index in [1.165, 1.54) is 4.90 Å². The lowest BCUT2D eigenvalue weighted by atomic mass is 9.97. The van der Waals surface area contributed by atoms with Crippen molar-refractivity contribution in [2.24, 2.45) is 0 Å². The molecule has 1 unspecified atom stereocenters. The number of Topliss-reactive ketones (excluding diaryl/α,β-unsaturated/α-hetero) is 1. The van der Waals surface area contributed by atoms with E-state index in [9.17, 15) is 32.3 Å². The maximum absolute atomic E-state index is 14.9. The summed E-state index contributed by atoms with van der Waals surface area (Å²) >= 11 is 0. The fraction of sp³-hybridized carbons (Fsp3) is 0.360. The Balaban J connectivity index is 1.45. The number of piperidine rings is 1. The first-order valence-corrected chi connectivity index (χ1v) is 11.2. The normalized spacial score (nSPS) is 17.9. The van der Waals surface area contributed by atoms with Crippen LogP contribution in [0.1, 0.15) is 53.2 Å². The number of alkyl halides is 2. The number of hydrogen-bond acceptors (Lipinski definition) is 5. The van der Waals surface area contributed by atoms with Crippen molar-refractivity contribution in [1.82, 2.24) is 10.2 Å². The van der Waals surface area contributed by atoms with Gasteiger partial charge in [-0.15, -0.1) is 0 Å². The van der Waals surface area contributed by atoms with Gasteiger partial charge in [0.2, 0.25) is 17.6 Å². The van der Waals surface area contributed by atoms with Gasteiger partial charge in [-0.3, -0.25) is 24.5 Å². The van der Waals surface area contributed by atoms with Crippen LogP contribution in [-0.2, 0) is 33.3 Å². The minimum Gasteiger partial charge on any atom is -0.493 e. The average molecular weight is 488 g/mol. The number of benzene rings is 2. The van der Waals surface area contributed by atoms with Crippen LogP contribution in [0.4, 0.5) is 13.2 Å². The minimum absolute atomic E-state index is 0.000523. The van der Waals surface area contributed by atoms with Gasteiger partial charge in [0.15, 0.2) is 0 Å². The third-order valence-corrected chi connectivity index (χ3v) is 6.16. The predicted octanol–water partition coefficient (Wildman–Crippen LogP) is 3.28. The number of carbonyl (C=O) groups is 4. The molecule has 0 aliphatic carbocycles. The Bertz CT molecular complexity index is 1210. The van der Waals surface area contributed by atoms with Crippen LogP contribution in [0.15, 0.2) is 36.4 Å². The fourth-order valence-electron chi connectivity index (χ4n) is 4.38. The van der Waals surface area contributed by atoms with Gasteiger partial charge < -0.3 is 9.64 Å². The first kappa shape index (κ1) is 24.4. The van der Waals surface area contributed by atoms with Crippen LogP contribution in [0.5, 0.6) is 5.75 Å². The first-order valence-electron chi connectivity index (χ1n) is 11.2.